The van der Waals surface area contributed by atoms with E-state index in [1.807, 2.05) is 6.92 Å². The van der Waals surface area contributed by atoms with Crippen LogP contribution in [0.5, 0.6) is 0 Å². The predicted molar refractivity (Wildman–Crippen MR) is 57.4 cm³/mol. The second-order valence-corrected chi connectivity index (χ2v) is 4.68. The summed E-state index contributed by atoms with van der Waals surface area (Å²) in [5, 5.41) is 2.84. The van der Waals surface area contributed by atoms with Gasteiger partial charge in [-0.05, 0) is 25.5 Å². The molecule has 0 aliphatic carbocycles. The van der Waals surface area contributed by atoms with Gasteiger partial charge in [-0.25, -0.2) is 4.98 Å². The third-order valence-corrected chi connectivity index (χ3v) is 3.59. The van der Waals surface area contributed by atoms with E-state index in [2.05, 4.69) is 14.7 Å². The summed E-state index contributed by atoms with van der Waals surface area (Å²) in [6, 6.07) is -0.316. The Morgan fingerprint density at radius 1 is 1.79 bits per heavy atom. The fourth-order valence-corrected chi connectivity index (χ4v) is 2.59. The molecule has 0 fully saturated rings. The molecule has 0 aromatic carbocycles. The molecule has 1 unspecified atom stereocenters. The molecule has 1 atom stereocenters. The Morgan fingerprint density at radius 3 is 2.93 bits per heavy atom. The minimum Gasteiger partial charge on any atom is -0.368 e. The van der Waals surface area contributed by atoms with E-state index in [1.54, 1.807) is 7.05 Å². The van der Waals surface area contributed by atoms with Crippen LogP contribution in [0.25, 0.3) is 0 Å². The van der Waals surface area contributed by atoms with Gasteiger partial charge < -0.3 is 11.1 Å². The number of thioether (sulfide) groups is 1. The van der Waals surface area contributed by atoms with Crippen molar-refractivity contribution in [1.29, 1.82) is 0 Å². The number of hydrogen-bond donors (Lipinski definition) is 2. The van der Waals surface area contributed by atoms with Crippen molar-refractivity contribution in [1.82, 2.24) is 14.7 Å². The van der Waals surface area contributed by atoms with E-state index < -0.39 is 0 Å². The fraction of sp³-hybridized carbons (Fsp3) is 0.571. The van der Waals surface area contributed by atoms with Gasteiger partial charge >= 0.3 is 0 Å². The second kappa shape index (κ2) is 5.28. The summed E-state index contributed by atoms with van der Waals surface area (Å²) in [6.07, 6.45) is 0. The minimum atomic E-state index is -0.346. The molecule has 78 valence electrons. The smallest absolute Gasteiger partial charge is 0.235 e. The number of aryl methyl sites for hydroxylation is 1. The van der Waals surface area contributed by atoms with Crippen molar-refractivity contribution in [2.45, 2.75) is 17.3 Å². The number of carbonyl (C=O) groups is 1. The normalized spacial score (nSPS) is 12.7. The van der Waals surface area contributed by atoms with Gasteiger partial charge in [0.25, 0.3) is 0 Å². The minimum absolute atomic E-state index is 0.316. The number of aromatic nitrogens is 2. The SMILES string of the molecule is CNC(CSc1nc(C)ns1)C(N)=O. The highest BCUT2D eigenvalue weighted by molar-refractivity contribution is 8.01. The molecule has 0 aliphatic heterocycles. The first-order valence-electron chi connectivity index (χ1n) is 4.03. The highest BCUT2D eigenvalue weighted by Crippen LogP contribution is 2.20. The molecule has 0 aliphatic rings. The Morgan fingerprint density at radius 2 is 2.50 bits per heavy atom. The second-order valence-electron chi connectivity index (χ2n) is 2.66. The third-order valence-electron chi connectivity index (χ3n) is 1.57. The molecule has 7 heteroatoms. The number of primary amides is 1. The maximum absolute atomic E-state index is 10.9. The van der Waals surface area contributed by atoms with Gasteiger partial charge in [0.1, 0.15) is 5.82 Å². The Bertz CT molecular complexity index is 314. The highest BCUT2D eigenvalue weighted by atomic mass is 32.2. The largest absolute Gasteiger partial charge is 0.368 e. The average molecular weight is 232 g/mol. The van der Waals surface area contributed by atoms with Crippen LogP contribution in [0.1, 0.15) is 5.82 Å². The fourth-order valence-electron chi connectivity index (χ4n) is 0.799. The van der Waals surface area contributed by atoms with Gasteiger partial charge in [0, 0.05) is 5.75 Å². The number of nitrogens with one attached hydrogen (secondary N) is 1. The molecule has 0 saturated heterocycles. The van der Waals surface area contributed by atoms with Crippen molar-refractivity contribution in [2.75, 3.05) is 12.8 Å². The number of rotatable bonds is 5. The Balaban J connectivity index is 2.43. The van der Waals surface area contributed by atoms with Crippen LogP contribution in [-0.2, 0) is 4.79 Å². The summed E-state index contributed by atoms with van der Waals surface area (Å²) in [5.74, 6) is 0.999. The Kier molecular flexibility index (Phi) is 4.30. The number of amides is 1. The third kappa shape index (κ3) is 3.24. The lowest BCUT2D eigenvalue weighted by atomic mass is 10.3. The predicted octanol–water partition coefficient (Wildman–Crippen LogP) is 0.0119. The van der Waals surface area contributed by atoms with Crippen LogP contribution in [-0.4, -0.2) is 34.1 Å². The number of carbonyl (C=O) groups excluding carboxylic acids is 1. The molecular weight excluding hydrogens is 220 g/mol. The van der Waals surface area contributed by atoms with Crippen LogP contribution in [0.4, 0.5) is 0 Å². The molecule has 0 spiro atoms. The van der Waals surface area contributed by atoms with Gasteiger partial charge in [0.05, 0.1) is 6.04 Å². The van der Waals surface area contributed by atoms with Gasteiger partial charge in [-0.2, -0.15) is 4.37 Å². The summed E-state index contributed by atoms with van der Waals surface area (Å²) in [5.41, 5.74) is 5.17. The van der Waals surface area contributed by atoms with E-state index in [-0.39, 0.29) is 11.9 Å². The zero-order valence-electron chi connectivity index (χ0n) is 7.98. The van der Waals surface area contributed by atoms with E-state index in [4.69, 9.17) is 5.73 Å². The van der Waals surface area contributed by atoms with Crippen molar-refractivity contribution < 1.29 is 4.79 Å². The van der Waals surface area contributed by atoms with Crippen LogP contribution < -0.4 is 11.1 Å². The lowest BCUT2D eigenvalue weighted by molar-refractivity contribution is -0.119. The van der Waals surface area contributed by atoms with E-state index in [0.717, 1.165) is 10.2 Å². The zero-order valence-corrected chi connectivity index (χ0v) is 9.61. The first-order valence-corrected chi connectivity index (χ1v) is 5.79. The monoisotopic (exact) mass is 232 g/mol. The quantitative estimate of drug-likeness (QED) is 0.699. The number of nitrogens with zero attached hydrogens (tertiary/aromatic N) is 2. The topological polar surface area (TPSA) is 80.9 Å². The molecule has 1 heterocycles. The number of nitrogens with two attached hydrogens (primary N) is 1. The molecule has 5 nitrogen and oxygen atoms in total. The van der Waals surface area contributed by atoms with Crippen molar-refractivity contribution >= 4 is 29.2 Å². The van der Waals surface area contributed by atoms with Gasteiger partial charge in [0.2, 0.25) is 5.91 Å². The molecule has 3 N–H and O–H groups in total. The van der Waals surface area contributed by atoms with Crippen molar-refractivity contribution in [3.8, 4) is 0 Å². The molecule has 1 aromatic heterocycles. The standard InChI is InChI=1S/C7H12N4OS2/c1-4-10-7(14-11-4)13-3-5(9-2)6(8)12/h5,9H,3H2,1-2H3,(H2,8,12). The molecule has 14 heavy (non-hydrogen) atoms. The van der Waals surface area contributed by atoms with Crippen molar-refractivity contribution in [3.05, 3.63) is 5.82 Å². The van der Waals surface area contributed by atoms with Gasteiger partial charge in [-0.15, -0.1) is 0 Å². The lowest BCUT2D eigenvalue weighted by Gasteiger charge is -2.09. The van der Waals surface area contributed by atoms with Crippen LogP contribution in [0.3, 0.4) is 0 Å². The van der Waals surface area contributed by atoms with Gasteiger partial charge in [0.15, 0.2) is 4.34 Å². The van der Waals surface area contributed by atoms with Gasteiger partial charge in [-0.1, -0.05) is 11.8 Å². The van der Waals surface area contributed by atoms with Crippen LogP contribution in [0, 0.1) is 6.92 Å². The molecule has 1 amide bonds. The summed E-state index contributed by atoms with van der Waals surface area (Å²) < 4.78 is 4.90. The molecular formula is C7H12N4OS2. The maximum Gasteiger partial charge on any atom is 0.235 e. The van der Waals surface area contributed by atoms with Crippen LogP contribution in [0.2, 0.25) is 0 Å². The molecule has 0 radical (unpaired) electrons. The van der Waals surface area contributed by atoms with E-state index in [9.17, 15) is 4.79 Å². The summed E-state index contributed by atoms with van der Waals surface area (Å²) >= 11 is 2.82. The first-order chi connectivity index (χ1) is 6.63. The van der Waals surface area contributed by atoms with Crippen molar-refractivity contribution in [3.63, 3.8) is 0 Å². The zero-order chi connectivity index (χ0) is 10.6. The van der Waals surface area contributed by atoms with E-state index in [1.165, 1.54) is 23.3 Å². The van der Waals surface area contributed by atoms with E-state index >= 15 is 0 Å². The molecule has 0 saturated carbocycles. The Hall–Kier alpha value is -0.660. The lowest BCUT2D eigenvalue weighted by Crippen LogP contribution is -2.41. The van der Waals surface area contributed by atoms with Crippen molar-refractivity contribution in [2.24, 2.45) is 5.73 Å². The van der Waals surface area contributed by atoms with E-state index in [0.29, 0.717) is 5.75 Å². The molecule has 1 rings (SSSR count). The number of hydrogen-bond acceptors (Lipinski definition) is 6. The highest BCUT2D eigenvalue weighted by Gasteiger charge is 2.13. The average Bonchev–Trinajstić information content (AvgIpc) is 2.52. The maximum atomic E-state index is 10.9. The molecule has 1 aromatic rings. The Labute approximate surface area is 90.7 Å². The van der Waals surface area contributed by atoms with Crippen LogP contribution in [0.15, 0.2) is 4.34 Å². The number of likely N-dealkylation sites (N-methyl/N-ethyl adjacent to an activating group) is 1. The van der Waals surface area contributed by atoms with Gasteiger partial charge in [-0.3, -0.25) is 4.79 Å². The molecule has 0 bridgehead atoms. The van der Waals surface area contributed by atoms with Crippen LogP contribution >= 0.6 is 23.3 Å². The summed E-state index contributed by atoms with van der Waals surface area (Å²) in [7, 11) is 1.71. The first kappa shape index (κ1) is 11.4. The summed E-state index contributed by atoms with van der Waals surface area (Å²) in [6.45, 7) is 1.84. The summed E-state index contributed by atoms with van der Waals surface area (Å²) in [4.78, 5) is 15.0.